The molecule has 0 bridgehead atoms. The highest BCUT2D eigenvalue weighted by atomic mass is 32.2. The van der Waals surface area contributed by atoms with Gasteiger partial charge in [-0.05, 0) is 33.6 Å². The summed E-state index contributed by atoms with van der Waals surface area (Å²) < 4.78 is 15.2. The lowest BCUT2D eigenvalue weighted by molar-refractivity contribution is 0.508. The Bertz CT molecular complexity index is 258. The molecule has 0 amide bonds. The van der Waals surface area contributed by atoms with Crippen molar-refractivity contribution in [1.29, 1.82) is 0 Å². The smallest absolute Gasteiger partial charge is 0.0972 e. The summed E-state index contributed by atoms with van der Waals surface area (Å²) in [6.45, 7) is 12.1. The molecule has 0 saturated carbocycles. The third-order valence-electron chi connectivity index (χ3n) is 3.19. The predicted molar refractivity (Wildman–Crippen MR) is 87.6 cm³/mol. The fraction of sp³-hybridized carbons (Fsp3) is 0.875. The molecule has 19 heavy (non-hydrogen) atoms. The molecular weight excluding hydrogens is 254 g/mol. The zero-order valence-corrected chi connectivity index (χ0v) is 14.2. The fourth-order valence-corrected chi connectivity index (χ4v) is 2.80. The van der Waals surface area contributed by atoms with Gasteiger partial charge in [0.05, 0.1) is 15.7 Å². The van der Waals surface area contributed by atoms with Crippen LogP contribution in [0.2, 0.25) is 0 Å². The van der Waals surface area contributed by atoms with E-state index < -0.39 is 11.0 Å². The molecule has 0 aliphatic carbocycles. The van der Waals surface area contributed by atoms with Crippen molar-refractivity contribution in [3.8, 4) is 0 Å². The van der Waals surface area contributed by atoms with Crippen molar-refractivity contribution in [2.75, 3.05) is 0 Å². The van der Waals surface area contributed by atoms with Crippen LogP contribution in [0.4, 0.5) is 0 Å². The van der Waals surface area contributed by atoms with E-state index in [0.29, 0.717) is 6.04 Å². The second kappa shape index (κ2) is 10.6. The zero-order valence-electron chi connectivity index (χ0n) is 13.3. The van der Waals surface area contributed by atoms with Gasteiger partial charge in [-0.1, -0.05) is 51.5 Å². The molecule has 0 aromatic carbocycles. The minimum Gasteiger partial charge on any atom is -0.242 e. The zero-order chi connectivity index (χ0) is 14.7. The number of rotatable bonds is 11. The molecule has 114 valence electrons. The molecule has 3 heteroatoms. The van der Waals surface area contributed by atoms with E-state index in [1.807, 2.05) is 26.8 Å². The van der Waals surface area contributed by atoms with Gasteiger partial charge < -0.3 is 0 Å². The average molecular weight is 288 g/mol. The van der Waals surface area contributed by atoms with Crippen LogP contribution in [0.3, 0.4) is 0 Å². The quantitative estimate of drug-likeness (QED) is 0.432. The molecule has 0 aliphatic rings. The fourth-order valence-electron chi connectivity index (χ4n) is 1.93. The second-order valence-electron chi connectivity index (χ2n) is 6.28. The highest BCUT2D eigenvalue weighted by molar-refractivity contribution is 7.84. The molecule has 0 fully saturated rings. The Kier molecular flexibility index (Phi) is 10.5. The Morgan fingerprint density at radius 3 is 2.26 bits per heavy atom. The Hall–Kier alpha value is -0.150. The van der Waals surface area contributed by atoms with Crippen LogP contribution in [-0.4, -0.2) is 15.0 Å². The summed E-state index contributed by atoms with van der Waals surface area (Å²) >= 11 is 0. The maximum atomic E-state index is 12.1. The summed E-state index contributed by atoms with van der Waals surface area (Å²) in [7, 11) is -0.977. The Morgan fingerprint density at radius 1 is 1.16 bits per heavy atom. The molecule has 0 aromatic rings. The normalized spacial score (nSPS) is 15.2. The van der Waals surface area contributed by atoms with Crippen molar-refractivity contribution in [3.05, 3.63) is 12.7 Å². The third kappa shape index (κ3) is 10.3. The molecular formula is C16H33NOS. The van der Waals surface area contributed by atoms with Crippen LogP contribution in [0.15, 0.2) is 12.7 Å². The number of nitrogens with one attached hydrogen (secondary N) is 1. The highest BCUT2D eigenvalue weighted by Gasteiger charge is 2.21. The van der Waals surface area contributed by atoms with E-state index in [0.717, 1.165) is 12.8 Å². The van der Waals surface area contributed by atoms with Crippen molar-refractivity contribution < 1.29 is 4.21 Å². The molecule has 0 radical (unpaired) electrons. The molecule has 0 aromatic heterocycles. The van der Waals surface area contributed by atoms with E-state index in [1.165, 1.54) is 38.5 Å². The molecule has 1 N–H and O–H groups in total. The molecule has 0 heterocycles. The van der Waals surface area contributed by atoms with E-state index in [1.54, 1.807) is 0 Å². The van der Waals surface area contributed by atoms with Crippen LogP contribution in [0.25, 0.3) is 0 Å². The van der Waals surface area contributed by atoms with E-state index in [4.69, 9.17) is 0 Å². The molecule has 0 saturated heterocycles. The maximum absolute atomic E-state index is 12.1. The van der Waals surface area contributed by atoms with Gasteiger partial charge in [0, 0.05) is 6.04 Å². The first-order valence-electron chi connectivity index (χ1n) is 7.70. The lowest BCUT2D eigenvalue weighted by atomic mass is 10.0. The van der Waals surface area contributed by atoms with Gasteiger partial charge in [-0.2, -0.15) is 0 Å². The largest absolute Gasteiger partial charge is 0.242 e. The second-order valence-corrected chi connectivity index (χ2v) is 8.27. The summed E-state index contributed by atoms with van der Waals surface area (Å²) in [5, 5.41) is 0. The van der Waals surface area contributed by atoms with Crippen LogP contribution in [-0.2, 0) is 11.0 Å². The van der Waals surface area contributed by atoms with Crippen LogP contribution in [0, 0.1) is 0 Å². The van der Waals surface area contributed by atoms with Crippen molar-refractivity contribution in [1.82, 2.24) is 4.72 Å². The molecule has 2 nitrogen and oxygen atoms in total. The first-order valence-corrected chi connectivity index (χ1v) is 8.85. The van der Waals surface area contributed by atoms with Crippen molar-refractivity contribution in [2.24, 2.45) is 0 Å². The Morgan fingerprint density at radius 2 is 1.74 bits per heavy atom. The third-order valence-corrected chi connectivity index (χ3v) is 4.85. The molecule has 0 spiro atoms. The lowest BCUT2D eigenvalue weighted by Gasteiger charge is -2.23. The Balaban J connectivity index is 3.92. The molecule has 0 rings (SSSR count). The van der Waals surface area contributed by atoms with Gasteiger partial charge in [0.25, 0.3) is 0 Å². The topological polar surface area (TPSA) is 29.1 Å². The number of hydrogen-bond donors (Lipinski definition) is 1. The van der Waals surface area contributed by atoms with Crippen molar-refractivity contribution in [2.45, 2.75) is 89.9 Å². The number of unbranched alkanes of at least 4 members (excludes halogenated alkanes) is 5. The predicted octanol–water partition coefficient (Wildman–Crippen LogP) is 4.73. The van der Waals surface area contributed by atoms with Crippen molar-refractivity contribution in [3.63, 3.8) is 0 Å². The maximum Gasteiger partial charge on any atom is 0.0972 e. The van der Waals surface area contributed by atoms with Gasteiger partial charge in [0.2, 0.25) is 0 Å². The van der Waals surface area contributed by atoms with E-state index in [2.05, 4.69) is 18.2 Å². The first-order chi connectivity index (χ1) is 8.91. The van der Waals surface area contributed by atoms with Gasteiger partial charge in [-0.3, -0.25) is 0 Å². The van der Waals surface area contributed by atoms with E-state index in [9.17, 15) is 4.21 Å². The highest BCUT2D eigenvalue weighted by Crippen LogP contribution is 2.14. The molecule has 2 atom stereocenters. The van der Waals surface area contributed by atoms with Gasteiger partial charge in [-0.25, -0.2) is 8.93 Å². The van der Waals surface area contributed by atoms with Crippen molar-refractivity contribution >= 4 is 11.0 Å². The minimum absolute atomic E-state index is 0.194. The summed E-state index contributed by atoms with van der Waals surface area (Å²) in [5.41, 5.74) is 0. The number of hydrogen-bond acceptors (Lipinski definition) is 1. The van der Waals surface area contributed by atoms with Gasteiger partial charge >= 0.3 is 0 Å². The molecule has 0 unspecified atom stereocenters. The van der Waals surface area contributed by atoms with E-state index in [-0.39, 0.29) is 4.75 Å². The van der Waals surface area contributed by atoms with Gasteiger partial charge in [0.1, 0.15) is 0 Å². The monoisotopic (exact) mass is 287 g/mol. The SMILES string of the molecule is C=CC[C@@H](CCCCCCCC)N[S@](=O)C(C)(C)C. The average Bonchev–Trinajstić information content (AvgIpc) is 2.32. The van der Waals surface area contributed by atoms with Crippen LogP contribution in [0.1, 0.15) is 79.1 Å². The first kappa shape index (κ1) is 18.9. The summed E-state index contributed by atoms with van der Waals surface area (Å²) in [5.74, 6) is 0. The summed E-state index contributed by atoms with van der Waals surface area (Å²) in [6, 6.07) is 0.309. The van der Waals surface area contributed by atoms with Gasteiger partial charge in [0.15, 0.2) is 0 Å². The lowest BCUT2D eigenvalue weighted by Crippen LogP contribution is -2.39. The van der Waals surface area contributed by atoms with E-state index >= 15 is 0 Å². The minimum atomic E-state index is -0.977. The van der Waals surface area contributed by atoms with Crippen LogP contribution >= 0.6 is 0 Å². The summed E-state index contributed by atoms with van der Waals surface area (Å²) in [4.78, 5) is 0. The molecule has 0 aliphatic heterocycles. The summed E-state index contributed by atoms with van der Waals surface area (Å²) in [6.07, 6.45) is 11.8. The van der Waals surface area contributed by atoms with Crippen LogP contribution in [0.5, 0.6) is 0 Å². The Labute approximate surface area is 123 Å². The standard InChI is InChI=1S/C16H33NOS/c1-6-8-9-10-11-12-14-15(13-7-2)17-19(18)16(3,4)5/h7,15,17H,2,6,8-14H2,1,3-5H3/t15-,19+/m0/s1. The van der Waals surface area contributed by atoms with Crippen LogP contribution < -0.4 is 4.72 Å². The van der Waals surface area contributed by atoms with Gasteiger partial charge in [-0.15, -0.1) is 6.58 Å².